The van der Waals surface area contributed by atoms with Crippen LogP contribution in [0.3, 0.4) is 0 Å². The van der Waals surface area contributed by atoms with Crippen LogP contribution in [0.25, 0.3) is 0 Å². The molecular formula is C8H13F3N2O2S. The number of ether oxygens (including phenoxy) is 1. The van der Waals surface area contributed by atoms with Gasteiger partial charge < -0.3 is 15.4 Å². The Kier molecular flexibility index (Phi) is 5.20. The lowest BCUT2D eigenvalue weighted by Gasteiger charge is -2.12. The Labute approximate surface area is 95.3 Å². The quantitative estimate of drug-likeness (QED) is 0.748. The van der Waals surface area contributed by atoms with E-state index < -0.39 is 11.5 Å². The van der Waals surface area contributed by atoms with Crippen molar-refractivity contribution in [1.82, 2.24) is 10.6 Å². The molecule has 1 unspecified atom stereocenters. The molecule has 0 spiro atoms. The highest BCUT2D eigenvalue weighted by atomic mass is 32.2. The number of carbonyl (C=O) groups excluding carboxylic acids is 1. The van der Waals surface area contributed by atoms with E-state index in [4.69, 9.17) is 4.74 Å². The van der Waals surface area contributed by atoms with Crippen molar-refractivity contribution < 1.29 is 22.7 Å². The Balaban J connectivity index is 2.02. The minimum absolute atomic E-state index is 0.0103. The minimum atomic E-state index is -4.24. The van der Waals surface area contributed by atoms with Gasteiger partial charge in [-0.25, -0.2) is 4.79 Å². The third-order valence-corrected chi connectivity index (χ3v) is 2.65. The van der Waals surface area contributed by atoms with Gasteiger partial charge in [0.25, 0.3) is 0 Å². The molecule has 0 aliphatic carbocycles. The molecule has 0 aromatic carbocycles. The molecule has 0 bridgehead atoms. The molecule has 1 aliphatic rings. The van der Waals surface area contributed by atoms with Crippen LogP contribution in [-0.2, 0) is 4.74 Å². The monoisotopic (exact) mass is 258 g/mol. The minimum Gasteiger partial charge on any atom is -0.379 e. The zero-order chi connectivity index (χ0) is 12.0. The van der Waals surface area contributed by atoms with Gasteiger partial charge in [-0.1, -0.05) is 0 Å². The average molecular weight is 258 g/mol. The standard InChI is InChI=1S/C8H13F3N2O2S/c9-8(10,11)16-4-2-12-7(14)13-6-1-3-15-5-6/h6H,1-5H2,(H2,12,13,14). The van der Waals surface area contributed by atoms with Crippen LogP contribution < -0.4 is 10.6 Å². The first-order valence-corrected chi connectivity index (χ1v) is 5.79. The van der Waals surface area contributed by atoms with E-state index in [0.717, 1.165) is 6.42 Å². The number of alkyl halides is 3. The summed E-state index contributed by atoms with van der Waals surface area (Å²) in [5, 5.41) is 4.97. The first-order valence-electron chi connectivity index (χ1n) is 4.80. The van der Waals surface area contributed by atoms with Gasteiger partial charge in [-0.15, -0.1) is 0 Å². The largest absolute Gasteiger partial charge is 0.441 e. The molecular weight excluding hydrogens is 245 g/mol. The summed E-state index contributed by atoms with van der Waals surface area (Å²) < 4.78 is 40.2. The average Bonchev–Trinajstić information content (AvgIpc) is 2.63. The maximum Gasteiger partial charge on any atom is 0.441 e. The highest BCUT2D eigenvalue weighted by Crippen LogP contribution is 2.29. The summed E-state index contributed by atoms with van der Waals surface area (Å²) in [4.78, 5) is 11.2. The summed E-state index contributed by atoms with van der Waals surface area (Å²) >= 11 is -0.149. The summed E-state index contributed by atoms with van der Waals surface area (Å²) in [6.07, 6.45) is 0.741. The van der Waals surface area contributed by atoms with E-state index in [1.54, 1.807) is 0 Å². The second kappa shape index (κ2) is 6.19. The number of amides is 2. The van der Waals surface area contributed by atoms with Crippen LogP contribution in [-0.4, -0.2) is 43.1 Å². The molecule has 0 saturated carbocycles. The van der Waals surface area contributed by atoms with Gasteiger partial charge in [0.2, 0.25) is 0 Å². The number of rotatable bonds is 4. The highest BCUT2D eigenvalue weighted by Gasteiger charge is 2.27. The molecule has 0 aromatic heterocycles. The van der Waals surface area contributed by atoms with Gasteiger partial charge in [-0.2, -0.15) is 13.2 Å². The normalized spacial score (nSPS) is 20.8. The molecule has 8 heteroatoms. The molecule has 1 heterocycles. The third-order valence-electron chi connectivity index (χ3n) is 1.92. The zero-order valence-corrected chi connectivity index (χ0v) is 9.29. The Morgan fingerprint density at radius 3 is 2.81 bits per heavy atom. The van der Waals surface area contributed by atoms with Crippen LogP contribution in [0, 0.1) is 0 Å². The predicted molar refractivity (Wildman–Crippen MR) is 54.3 cm³/mol. The molecule has 2 amide bonds. The van der Waals surface area contributed by atoms with Crippen molar-refractivity contribution >= 4 is 17.8 Å². The van der Waals surface area contributed by atoms with Gasteiger partial charge in [0, 0.05) is 18.9 Å². The number of nitrogens with one attached hydrogen (secondary N) is 2. The fraction of sp³-hybridized carbons (Fsp3) is 0.875. The van der Waals surface area contributed by atoms with Gasteiger partial charge in [-0.05, 0) is 18.2 Å². The molecule has 0 aromatic rings. The summed E-state index contributed by atoms with van der Waals surface area (Å²) in [7, 11) is 0. The third kappa shape index (κ3) is 6.06. The van der Waals surface area contributed by atoms with Gasteiger partial charge in [0.1, 0.15) is 0 Å². The van der Waals surface area contributed by atoms with Crippen LogP contribution in [0.5, 0.6) is 0 Å². The van der Waals surface area contributed by atoms with Crippen LogP contribution in [0.4, 0.5) is 18.0 Å². The maximum atomic E-state index is 11.7. The lowest BCUT2D eigenvalue weighted by Crippen LogP contribution is -2.43. The molecule has 94 valence electrons. The number of hydrogen-bond acceptors (Lipinski definition) is 3. The van der Waals surface area contributed by atoms with Gasteiger partial charge in [-0.3, -0.25) is 0 Å². The Hall–Kier alpha value is -0.630. The van der Waals surface area contributed by atoms with E-state index in [0.29, 0.717) is 13.2 Å². The fourth-order valence-electron chi connectivity index (χ4n) is 1.22. The SMILES string of the molecule is O=C(NCCSC(F)(F)F)NC1CCOC1. The van der Waals surface area contributed by atoms with Gasteiger partial charge in [0.05, 0.1) is 12.6 Å². The van der Waals surface area contributed by atoms with Crippen LogP contribution >= 0.6 is 11.8 Å². The number of thioether (sulfide) groups is 1. The van der Waals surface area contributed by atoms with Gasteiger partial charge >= 0.3 is 11.5 Å². The van der Waals surface area contributed by atoms with Crippen molar-refractivity contribution in [3.63, 3.8) is 0 Å². The molecule has 1 fully saturated rings. The summed E-state index contributed by atoms with van der Waals surface area (Å²) in [5.41, 5.74) is -4.24. The smallest absolute Gasteiger partial charge is 0.379 e. The molecule has 2 N–H and O–H groups in total. The number of halogens is 3. The van der Waals surface area contributed by atoms with Gasteiger partial charge in [0.15, 0.2) is 0 Å². The van der Waals surface area contributed by atoms with Crippen molar-refractivity contribution in [3.05, 3.63) is 0 Å². The Bertz CT molecular complexity index is 232. The van der Waals surface area contributed by atoms with Crippen LogP contribution in [0.15, 0.2) is 0 Å². The first kappa shape index (κ1) is 13.4. The summed E-state index contributed by atoms with van der Waals surface area (Å²) in [5.74, 6) is -0.182. The Morgan fingerprint density at radius 1 is 1.50 bits per heavy atom. The second-order valence-electron chi connectivity index (χ2n) is 3.25. The van der Waals surface area contributed by atoms with Crippen molar-refractivity contribution in [2.45, 2.75) is 18.0 Å². The molecule has 1 saturated heterocycles. The van der Waals surface area contributed by atoms with Crippen molar-refractivity contribution in [1.29, 1.82) is 0 Å². The van der Waals surface area contributed by atoms with Crippen LogP contribution in [0.2, 0.25) is 0 Å². The van der Waals surface area contributed by atoms with E-state index in [1.165, 1.54) is 0 Å². The molecule has 0 radical (unpaired) electrons. The van der Waals surface area contributed by atoms with E-state index in [2.05, 4.69) is 10.6 Å². The molecule has 1 rings (SSSR count). The van der Waals surface area contributed by atoms with Crippen molar-refractivity contribution in [2.75, 3.05) is 25.5 Å². The fourth-order valence-corrected chi connectivity index (χ4v) is 1.65. The second-order valence-corrected chi connectivity index (χ2v) is 4.41. The molecule has 1 atom stereocenters. The molecule has 4 nitrogen and oxygen atoms in total. The topological polar surface area (TPSA) is 50.4 Å². The van der Waals surface area contributed by atoms with E-state index in [1.807, 2.05) is 0 Å². The molecule has 16 heavy (non-hydrogen) atoms. The first-order chi connectivity index (χ1) is 7.47. The summed E-state index contributed by atoms with van der Waals surface area (Å²) in [6.45, 7) is 1.06. The Morgan fingerprint density at radius 2 is 2.25 bits per heavy atom. The lowest BCUT2D eigenvalue weighted by molar-refractivity contribution is -0.0327. The number of carbonyl (C=O) groups is 1. The van der Waals surface area contributed by atoms with Crippen LogP contribution in [0.1, 0.15) is 6.42 Å². The highest BCUT2D eigenvalue weighted by molar-refractivity contribution is 8.00. The maximum absolute atomic E-state index is 11.7. The zero-order valence-electron chi connectivity index (χ0n) is 8.47. The number of hydrogen-bond donors (Lipinski definition) is 2. The van der Waals surface area contributed by atoms with E-state index in [9.17, 15) is 18.0 Å². The van der Waals surface area contributed by atoms with Crippen molar-refractivity contribution in [3.8, 4) is 0 Å². The predicted octanol–water partition coefficient (Wildman–Crippen LogP) is 1.33. The van der Waals surface area contributed by atoms with E-state index >= 15 is 0 Å². The summed E-state index contributed by atoms with van der Waals surface area (Å²) in [6, 6.07) is -0.478. The molecule has 1 aliphatic heterocycles. The van der Waals surface area contributed by atoms with E-state index in [-0.39, 0.29) is 30.1 Å². The lowest BCUT2D eigenvalue weighted by atomic mass is 10.3. The van der Waals surface area contributed by atoms with Crippen molar-refractivity contribution in [2.24, 2.45) is 0 Å². The number of urea groups is 1.